The molecule has 2 aromatic rings. The van der Waals surface area contributed by atoms with E-state index in [2.05, 4.69) is 10.5 Å². The van der Waals surface area contributed by atoms with Crippen LogP contribution in [0.25, 0.3) is 0 Å². The van der Waals surface area contributed by atoms with Crippen LogP contribution in [0.2, 0.25) is 0 Å². The van der Waals surface area contributed by atoms with Gasteiger partial charge in [-0.1, -0.05) is 11.2 Å². The molecular weight excluding hydrogens is 280 g/mol. The summed E-state index contributed by atoms with van der Waals surface area (Å²) < 4.78 is 10.8. The first-order chi connectivity index (χ1) is 10.6. The number of fused-ring (bicyclic) bond motifs is 1. The average Bonchev–Trinajstić information content (AvgIpc) is 2.92. The van der Waals surface area contributed by atoms with Gasteiger partial charge >= 0.3 is 0 Å². The first kappa shape index (κ1) is 14.6. The van der Waals surface area contributed by atoms with Crippen molar-refractivity contribution in [2.45, 2.75) is 39.5 Å². The highest BCUT2D eigenvalue weighted by molar-refractivity contribution is 5.91. The number of anilines is 1. The topological polar surface area (TPSA) is 64.4 Å². The molecule has 3 rings (SSSR count). The minimum absolute atomic E-state index is 0.0437. The summed E-state index contributed by atoms with van der Waals surface area (Å²) in [5.74, 6) is 0.934. The number of ether oxygens (including phenoxy) is 1. The van der Waals surface area contributed by atoms with E-state index in [1.54, 1.807) is 0 Å². The fourth-order valence-electron chi connectivity index (χ4n) is 2.60. The van der Waals surface area contributed by atoms with Gasteiger partial charge in [-0.3, -0.25) is 10.1 Å². The molecule has 1 aromatic carbocycles. The van der Waals surface area contributed by atoms with Crippen LogP contribution in [0.3, 0.4) is 0 Å². The Labute approximate surface area is 129 Å². The summed E-state index contributed by atoms with van der Waals surface area (Å²) in [6, 6.07) is 5.78. The van der Waals surface area contributed by atoms with Crippen molar-refractivity contribution in [2.75, 3.05) is 11.9 Å². The normalized spacial score (nSPS) is 13.5. The van der Waals surface area contributed by atoms with E-state index >= 15 is 0 Å². The second kappa shape index (κ2) is 6.22. The van der Waals surface area contributed by atoms with Crippen LogP contribution in [0, 0.1) is 13.8 Å². The molecule has 0 radical (unpaired) electrons. The van der Waals surface area contributed by atoms with Gasteiger partial charge in [0.25, 0.3) is 5.91 Å². The summed E-state index contributed by atoms with van der Waals surface area (Å²) in [6.45, 7) is 4.01. The third kappa shape index (κ3) is 3.13. The number of nitrogens with zero attached hydrogens (tertiary/aromatic N) is 1. The Hall–Kier alpha value is -2.30. The van der Waals surface area contributed by atoms with E-state index < -0.39 is 0 Å². The van der Waals surface area contributed by atoms with Gasteiger partial charge < -0.3 is 9.26 Å². The number of nitrogens with one attached hydrogen (secondary N) is 1. The van der Waals surface area contributed by atoms with Crippen molar-refractivity contribution in [2.24, 2.45) is 0 Å². The number of rotatable bonds is 4. The van der Waals surface area contributed by atoms with Crippen molar-refractivity contribution in [3.8, 4) is 5.75 Å². The van der Waals surface area contributed by atoms with E-state index in [4.69, 9.17) is 9.26 Å². The van der Waals surface area contributed by atoms with Crippen molar-refractivity contribution >= 4 is 11.8 Å². The van der Waals surface area contributed by atoms with Crippen LogP contribution in [0.1, 0.15) is 35.2 Å². The molecule has 1 N–H and O–H groups in total. The van der Waals surface area contributed by atoms with Crippen LogP contribution in [0.15, 0.2) is 22.7 Å². The SMILES string of the molecule is Cc1ccc(OCC(=O)Nc2onc3c2CCCC3)cc1C. The minimum atomic E-state index is -0.234. The molecule has 1 aliphatic carbocycles. The van der Waals surface area contributed by atoms with Gasteiger partial charge in [0.15, 0.2) is 6.61 Å². The lowest BCUT2D eigenvalue weighted by Gasteiger charge is -2.10. The Morgan fingerprint density at radius 1 is 1.27 bits per heavy atom. The molecule has 0 saturated carbocycles. The highest BCUT2D eigenvalue weighted by Gasteiger charge is 2.20. The first-order valence-corrected chi connectivity index (χ1v) is 7.61. The molecule has 1 aliphatic rings. The van der Waals surface area contributed by atoms with Crippen molar-refractivity contribution in [3.63, 3.8) is 0 Å². The fraction of sp³-hybridized carbons (Fsp3) is 0.412. The average molecular weight is 300 g/mol. The van der Waals surface area contributed by atoms with Crippen LogP contribution in [0.5, 0.6) is 5.75 Å². The summed E-state index contributed by atoms with van der Waals surface area (Å²) in [4.78, 5) is 12.0. The van der Waals surface area contributed by atoms with Crippen LogP contribution in [0.4, 0.5) is 5.88 Å². The molecule has 116 valence electrons. The van der Waals surface area contributed by atoms with Gasteiger partial charge in [-0.2, -0.15) is 0 Å². The third-order valence-electron chi connectivity index (χ3n) is 4.06. The number of carbonyl (C=O) groups is 1. The maximum atomic E-state index is 12.0. The first-order valence-electron chi connectivity index (χ1n) is 7.61. The molecule has 5 nitrogen and oxygen atoms in total. The van der Waals surface area contributed by atoms with Crippen molar-refractivity contribution < 1.29 is 14.1 Å². The summed E-state index contributed by atoms with van der Waals surface area (Å²) >= 11 is 0. The summed E-state index contributed by atoms with van der Waals surface area (Å²) in [5, 5.41) is 6.77. The largest absolute Gasteiger partial charge is 0.484 e. The zero-order valence-electron chi connectivity index (χ0n) is 12.9. The van der Waals surface area contributed by atoms with Gasteiger partial charge in [0.05, 0.1) is 5.69 Å². The monoisotopic (exact) mass is 300 g/mol. The zero-order valence-corrected chi connectivity index (χ0v) is 12.9. The Morgan fingerprint density at radius 2 is 2.09 bits per heavy atom. The lowest BCUT2D eigenvalue weighted by Crippen LogP contribution is -2.20. The number of hydrogen-bond donors (Lipinski definition) is 1. The predicted molar refractivity (Wildman–Crippen MR) is 83.2 cm³/mol. The molecule has 22 heavy (non-hydrogen) atoms. The molecular formula is C17H20N2O3. The molecule has 0 unspecified atom stereocenters. The second-order valence-electron chi connectivity index (χ2n) is 5.73. The number of aromatic nitrogens is 1. The Bertz CT molecular complexity index is 691. The number of benzene rings is 1. The van der Waals surface area contributed by atoms with Crippen LogP contribution in [-0.2, 0) is 17.6 Å². The van der Waals surface area contributed by atoms with Gasteiger partial charge in [-0.05, 0) is 62.8 Å². The molecule has 1 heterocycles. The highest BCUT2D eigenvalue weighted by Crippen LogP contribution is 2.27. The van der Waals surface area contributed by atoms with Gasteiger partial charge in [0.2, 0.25) is 5.88 Å². The molecule has 0 bridgehead atoms. The molecule has 0 aliphatic heterocycles. The van der Waals surface area contributed by atoms with E-state index in [0.29, 0.717) is 11.6 Å². The Kier molecular flexibility index (Phi) is 4.13. The molecule has 0 saturated heterocycles. The summed E-state index contributed by atoms with van der Waals surface area (Å²) in [6.07, 6.45) is 4.07. The van der Waals surface area contributed by atoms with Gasteiger partial charge in [-0.15, -0.1) is 0 Å². The number of hydrogen-bond acceptors (Lipinski definition) is 4. The standard InChI is InChI=1S/C17H20N2O3/c1-11-7-8-13(9-12(11)2)21-10-16(20)18-17-14-5-3-4-6-15(14)19-22-17/h7-9H,3-6,10H2,1-2H3,(H,18,20). The minimum Gasteiger partial charge on any atom is -0.484 e. The smallest absolute Gasteiger partial charge is 0.264 e. The second-order valence-corrected chi connectivity index (χ2v) is 5.73. The fourth-order valence-corrected chi connectivity index (χ4v) is 2.60. The maximum absolute atomic E-state index is 12.0. The molecule has 5 heteroatoms. The number of aryl methyl sites for hydroxylation is 3. The van der Waals surface area contributed by atoms with E-state index in [-0.39, 0.29) is 12.5 Å². The molecule has 0 fully saturated rings. The van der Waals surface area contributed by atoms with Gasteiger partial charge in [-0.25, -0.2) is 0 Å². The molecule has 0 atom stereocenters. The van der Waals surface area contributed by atoms with E-state index in [9.17, 15) is 4.79 Å². The van der Waals surface area contributed by atoms with Crippen LogP contribution >= 0.6 is 0 Å². The summed E-state index contributed by atoms with van der Waals surface area (Å²) in [7, 11) is 0. The van der Waals surface area contributed by atoms with Crippen molar-refractivity contribution in [3.05, 3.63) is 40.6 Å². The lowest BCUT2D eigenvalue weighted by molar-refractivity contribution is -0.118. The summed E-state index contributed by atoms with van der Waals surface area (Å²) in [5.41, 5.74) is 4.34. The quantitative estimate of drug-likeness (QED) is 0.942. The van der Waals surface area contributed by atoms with Crippen LogP contribution < -0.4 is 10.1 Å². The van der Waals surface area contributed by atoms with Gasteiger partial charge in [0.1, 0.15) is 5.75 Å². The van der Waals surface area contributed by atoms with Crippen LogP contribution in [-0.4, -0.2) is 17.7 Å². The predicted octanol–water partition coefficient (Wildman–Crippen LogP) is 3.19. The highest BCUT2D eigenvalue weighted by atomic mass is 16.5. The lowest BCUT2D eigenvalue weighted by atomic mass is 9.98. The Balaban J connectivity index is 1.58. The molecule has 1 aromatic heterocycles. The van der Waals surface area contributed by atoms with Gasteiger partial charge in [0, 0.05) is 5.56 Å². The van der Waals surface area contributed by atoms with Crippen molar-refractivity contribution in [1.82, 2.24) is 5.16 Å². The number of amides is 1. The zero-order chi connectivity index (χ0) is 15.5. The molecule has 0 spiro atoms. The van der Waals surface area contributed by atoms with E-state index in [1.807, 2.05) is 32.0 Å². The Morgan fingerprint density at radius 3 is 2.91 bits per heavy atom. The maximum Gasteiger partial charge on any atom is 0.264 e. The number of carbonyl (C=O) groups excluding carboxylic acids is 1. The molecule has 1 amide bonds. The van der Waals surface area contributed by atoms with Crippen molar-refractivity contribution in [1.29, 1.82) is 0 Å². The third-order valence-corrected chi connectivity index (χ3v) is 4.06. The van der Waals surface area contributed by atoms with E-state index in [1.165, 1.54) is 5.56 Å². The van der Waals surface area contributed by atoms with E-state index in [0.717, 1.165) is 42.5 Å².